The summed E-state index contributed by atoms with van der Waals surface area (Å²) in [4.78, 5) is 2.56. The highest BCUT2D eigenvalue weighted by molar-refractivity contribution is 5.24. The first-order chi connectivity index (χ1) is 10.3. The van der Waals surface area contributed by atoms with E-state index in [0.29, 0.717) is 12.1 Å². The quantitative estimate of drug-likeness (QED) is 0.904. The molecule has 110 valence electrons. The van der Waals surface area contributed by atoms with Crippen LogP contribution in [-0.2, 0) is 6.42 Å². The van der Waals surface area contributed by atoms with Crippen LogP contribution in [0.2, 0.25) is 0 Å². The van der Waals surface area contributed by atoms with Crippen LogP contribution in [0.3, 0.4) is 0 Å². The van der Waals surface area contributed by atoms with E-state index in [2.05, 4.69) is 77.9 Å². The molecule has 0 aromatic heterocycles. The van der Waals surface area contributed by atoms with E-state index in [-0.39, 0.29) is 0 Å². The van der Waals surface area contributed by atoms with E-state index in [1.807, 2.05) is 0 Å². The largest absolute Gasteiger partial charge is 0.315 e. The van der Waals surface area contributed by atoms with Crippen molar-refractivity contribution in [3.05, 3.63) is 71.8 Å². The Morgan fingerprint density at radius 1 is 1.05 bits per heavy atom. The number of nitrogens with zero attached hydrogens (tertiary/aromatic N) is 1. The lowest BCUT2D eigenvalue weighted by Gasteiger charge is -2.33. The monoisotopic (exact) mass is 280 g/mol. The summed E-state index contributed by atoms with van der Waals surface area (Å²) < 4.78 is 0. The molecule has 1 heterocycles. The summed E-state index contributed by atoms with van der Waals surface area (Å²) in [5.41, 5.74) is 2.82. The van der Waals surface area contributed by atoms with E-state index < -0.39 is 0 Å². The summed E-state index contributed by atoms with van der Waals surface area (Å²) in [6, 6.07) is 22.8. The minimum absolute atomic E-state index is 0.443. The fourth-order valence-electron chi connectivity index (χ4n) is 3.25. The van der Waals surface area contributed by atoms with Crippen molar-refractivity contribution in [2.75, 3.05) is 20.1 Å². The minimum atomic E-state index is 0.443. The van der Waals surface area contributed by atoms with Gasteiger partial charge in [0.05, 0.1) is 0 Å². The highest BCUT2D eigenvalue weighted by Gasteiger charge is 2.26. The second kappa shape index (κ2) is 6.88. The molecule has 1 saturated heterocycles. The topological polar surface area (TPSA) is 15.3 Å². The maximum absolute atomic E-state index is 3.48. The Hall–Kier alpha value is -1.64. The summed E-state index contributed by atoms with van der Waals surface area (Å²) in [6.07, 6.45) is 2.31. The number of likely N-dealkylation sites (N-methyl/N-ethyl adjacent to an activating group) is 1. The molecule has 0 bridgehead atoms. The highest BCUT2D eigenvalue weighted by Crippen LogP contribution is 2.27. The minimum Gasteiger partial charge on any atom is -0.315 e. The smallest absolute Gasteiger partial charge is 0.0388 e. The van der Waals surface area contributed by atoms with E-state index in [4.69, 9.17) is 0 Å². The van der Waals surface area contributed by atoms with Crippen molar-refractivity contribution in [2.24, 2.45) is 0 Å². The van der Waals surface area contributed by atoms with Gasteiger partial charge < -0.3 is 5.32 Å². The maximum Gasteiger partial charge on any atom is 0.0388 e. The number of hydrogen-bond donors (Lipinski definition) is 1. The van der Waals surface area contributed by atoms with Crippen molar-refractivity contribution in [2.45, 2.75) is 24.9 Å². The lowest BCUT2D eigenvalue weighted by Crippen LogP contribution is -2.37. The van der Waals surface area contributed by atoms with Crippen molar-refractivity contribution < 1.29 is 0 Å². The Bertz CT molecular complexity index is 532. The predicted octanol–water partition coefficient (Wildman–Crippen LogP) is 3.26. The molecule has 3 rings (SSSR count). The van der Waals surface area contributed by atoms with Crippen LogP contribution in [0.25, 0.3) is 0 Å². The molecule has 2 aromatic rings. The Kier molecular flexibility index (Phi) is 4.69. The molecule has 0 amide bonds. The van der Waals surface area contributed by atoms with Gasteiger partial charge in [-0.2, -0.15) is 0 Å². The summed E-state index contributed by atoms with van der Waals surface area (Å²) >= 11 is 0. The van der Waals surface area contributed by atoms with Crippen LogP contribution in [0.4, 0.5) is 0 Å². The number of benzene rings is 2. The van der Waals surface area contributed by atoms with Gasteiger partial charge in [-0.05, 0) is 37.6 Å². The molecule has 2 unspecified atom stereocenters. The van der Waals surface area contributed by atoms with Crippen molar-refractivity contribution in [1.29, 1.82) is 0 Å². The molecule has 0 spiro atoms. The Morgan fingerprint density at radius 2 is 1.71 bits per heavy atom. The zero-order chi connectivity index (χ0) is 14.5. The standard InChI is InChI=1S/C19H24N2/c1-21(18-12-13-20-15-18)19(17-10-6-3-7-11-17)14-16-8-4-2-5-9-16/h2-11,18-20H,12-15H2,1H3. The first kappa shape index (κ1) is 14.3. The molecular weight excluding hydrogens is 256 g/mol. The van der Waals surface area contributed by atoms with Crippen LogP contribution in [0.15, 0.2) is 60.7 Å². The second-order valence-corrected chi connectivity index (χ2v) is 5.93. The number of rotatable bonds is 5. The second-order valence-electron chi connectivity index (χ2n) is 5.93. The zero-order valence-corrected chi connectivity index (χ0v) is 12.7. The average Bonchev–Trinajstić information content (AvgIpc) is 3.08. The van der Waals surface area contributed by atoms with Gasteiger partial charge in [0.2, 0.25) is 0 Å². The predicted molar refractivity (Wildman–Crippen MR) is 88.4 cm³/mol. The van der Waals surface area contributed by atoms with Crippen LogP contribution < -0.4 is 5.32 Å². The van der Waals surface area contributed by atoms with Crippen molar-refractivity contribution >= 4 is 0 Å². The van der Waals surface area contributed by atoms with Gasteiger partial charge in [0.15, 0.2) is 0 Å². The molecule has 1 fully saturated rings. The van der Waals surface area contributed by atoms with Gasteiger partial charge in [0.25, 0.3) is 0 Å². The fourth-order valence-corrected chi connectivity index (χ4v) is 3.25. The fraction of sp³-hybridized carbons (Fsp3) is 0.368. The molecule has 0 saturated carbocycles. The van der Waals surface area contributed by atoms with Gasteiger partial charge in [0.1, 0.15) is 0 Å². The van der Waals surface area contributed by atoms with Crippen LogP contribution in [0.5, 0.6) is 0 Å². The molecular formula is C19H24N2. The molecule has 0 radical (unpaired) electrons. The van der Waals surface area contributed by atoms with E-state index in [9.17, 15) is 0 Å². The summed E-state index contributed by atoms with van der Waals surface area (Å²) in [5.74, 6) is 0. The Labute approximate surface area is 127 Å². The summed E-state index contributed by atoms with van der Waals surface area (Å²) in [6.45, 7) is 2.25. The number of hydrogen-bond acceptors (Lipinski definition) is 2. The Morgan fingerprint density at radius 3 is 2.33 bits per heavy atom. The van der Waals surface area contributed by atoms with Crippen molar-refractivity contribution in [1.82, 2.24) is 10.2 Å². The van der Waals surface area contributed by atoms with Crippen molar-refractivity contribution in [3.63, 3.8) is 0 Å². The first-order valence-electron chi connectivity index (χ1n) is 7.86. The van der Waals surface area contributed by atoms with Gasteiger partial charge >= 0.3 is 0 Å². The van der Waals surface area contributed by atoms with Crippen molar-refractivity contribution in [3.8, 4) is 0 Å². The molecule has 1 aliphatic heterocycles. The van der Waals surface area contributed by atoms with Crippen LogP contribution >= 0.6 is 0 Å². The van der Waals surface area contributed by atoms with Gasteiger partial charge in [0, 0.05) is 18.6 Å². The molecule has 0 aliphatic carbocycles. The first-order valence-corrected chi connectivity index (χ1v) is 7.86. The van der Waals surface area contributed by atoms with Crippen LogP contribution in [0, 0.1) is 0 Å². The molecule has 1 N–H and O–H groups in total. The molecule has 2 atom stereocenters. The van der Waals surface area contributed by atoms with Crippen LogP contribution in [0.1, 0.15) is 23.6 Å². The van der Waals surface area contributed by atoms with Gasteiger partial charge in [-0.15, -0.1) is 0 Å². The molecule has 2 aromatic carbocycles. The third-order valence-electron chi connectivity index (χ3n) is 4.56. The Balaban J connectivity index is 1.83. The molecule has 1 aliphatic rings. The average molecular weight is 280 g/mol. The number of nitrogens with one attached hydrogen (secondary N) is 1. The molecule has 2 heteroatoms. The van der Waals surface area contributed by atoms with Gasteiger partial charge in [-0.3, -0.25) is 4.90 Å². The van der Waals surface area contributed by atoms with E-state index in [1.54, 1.807) is 0 Å². The van der Waals surface area contributed by atoms with E-state index in [1.165, 1.54) is 17.5 Å². The van der Waals surface area contributed by atoms with Gasteiger partial charge in [-0.25, -0.2) is 0 Å². The zero-order valence-electron chi connectivity index (χ0n) is 12.7. The summed E-state index contributed by atoms with van der Waals surface area (Å²) in [5, 5.41) is 3.48. The van der Waals surface area contributed by atoms with E-state index in [0.717, 1.165) is 19.5 Å². The molecule has 21 heavy (non-hydrogen) atoms. The van der Waals surface area contributed by atoms with E-state index >= 15 is 0 Å². The SMILES string of the molecule is CN(C1CCNC1)C(Cc1ccccc1)c1ccccc1. The lowest BCUT2D eigenvalue weighted by molar-refractivity contribution is 0.183. The normalized spacial score (nSPS) is 19.8. The lowest BCUT2D eigenvalue weighted by atomic mass is 9.96. The van der Waals surface area contributed by atoms with Crippen LogP contribution in [-0.4, -0.2) is 31.1 Å². The molecule has 2 nitrogen and oxygen atoms in total. The third-order valence-corrected chi connectivity index (χ3v) is 4.56. The third kappa shape index (κ3) is 3.52. The maximum atomic E-state index is 3.48. The van der Waals surface area contributed by atoms with Gasteiger partial charge in [-0.1, -0.05) is 60.7 Å². The highest BCUT2D eigenvalue weighted by atomic mass is 15.2. The summed E-state index contributed by atoms with van der Waals surface area (Å²) in [7, 11) is 2.28.